The highest BCUT2D eigenvalue weighted by Gasteiger charge is 2.33. The van der Waals surface area contributed by atoms with Gasteiger partial charge < -0.3 is 9.64 Å². The number of likely N-dealkylation sites (tertiary alicyclic amines) is 1. The van der Waals surface area contributed by atoms with Gasteiger partial charge in [-0.3, -0.25) is 14.2 Å². The monoisotopic (exact) mass is 479 g/mol. The average molecular weight is 480 g/mol. The standard InChI is InChI=1S/C26H29N3O4S/c1-4-33-25(32)22-11-7-8-12-28(22)23(30)16-34-26-27-21-10-6-5-9-20(21)24(31)29(26)19-14-17(2)13-18(3)15-19/h5-6,9-10,13-15,22H,4,7-8,11-12,16H2,1-3H3. The van der Waals surface area contributed by atoms with Gasteiger partial charge in [0.1, 0.15) is 6.04 Å². The Balaban J connectivity index is 1.68. The number of hydrogen-bond donors (Lipinski definition) is 0. The van der Waals surface area contributed by atoms with Crippen LogP contribution < -0.4 is 5.56 Å². The van der Waals surface area contributed by atoms with Crippen molar-refractivity contribution in [2.45, 2.75) is 51.2 Å². The second-order valence-corrected chi connectivity index (χ2v) is 9.48. The quantitative estimate of drug-likeness (QED) is 0.302. The van der Waals surface area contributed by atoms with E-state index >= 15 is 0 Å². The molecular formula is C26H29N3O4S. The smallest absolute Gasteiger partial charge is 0.328 e. The summed E-state index contributed by atoms with van der Waals surface area (Å²) in [5, 5.41) is 0.975. The van der Waals surface area contributed by atoms with Crippen LogP contribution in [0.5, 0.6) is 0 Å². The molecule has 0 radical (unpaired) electrons. The minimum Gasteiger partial charge on any atom is -0.464 e. The van der Waals surface area contributed by atoms with Gasteiger partial charge in [-0.25, -0.2) is 9.78 Å². The highest BCUT2D eigenvalue weighted by Crippen LogP contribution is 2.25. The van der Waals surface area contributed by atoms with Gasteiger partial charge in [0.2, 0.25) is 5.91 Å². The summed E-state index contributed by atoms with van der Waals surface area (Å²) in [5.74, 6) is -0.431. The van der Waals surface area contributed by atoms with E-state index in [0.717, 1.165) is 29.7 Å². The molecular weight excluding hydrogens is 450 g/mol. The number of ether oxygens (including phenoxy) is 1. The van der Waals surface area contributed by atoms with Gasteiger partial charge in [0, 0.05) is 6.54 Å². The van der Waals surface area contributed by atoms with Crippen LogP contribution in [0.15, 0.2) is 52.4 Å². The number of piperidine rings is 1. The van der Waals surface area contributed by atoms with E-state index in [2.05, 4.69) is 0 Å². The van der Waals surface area contributed by atoms with Crippen LogP contribution in [0.2, 0.25) is 0 Å². The fraction of sp³-hybridized carbons (Fsp3) is 0.385. The Labute approximate surface area is 203 Å². The number of esters is 1. The first-order valence-corrected chi connectivity index (χ1v) is 12.6. The first-order valence-electron chi connectivity index (χ1n) is 11.6. The molecule has 1 unspecified atom stereocenters. The highest BCUT2D eigenvalue weighted by atomic mass is 32.2. The van der Waals surface area contributed by atoms with Gasteiger partial charge in [0.25, 0.3) is 5.56 Å². The summed E-state index contributed by atoms with van der Waals surface area (Å²) in [6.45, 7) is 6.55. The maximum Gasteiger partial charge on any atom is 0.328 e. The van der Waals surface area contributed by atoms with Gasteiger partial charge in [-0.15, -0.1) is 0 Å². The van der Waals surface area contributed by atoms with Gasteiger partial charge >= 0.3 is 5.97 Å². The summed E-state index contributed by atoms with van der Waals surface area (Å²) < 4.78 is 6.77. The van der Waals surface area contributed by atoms with E-state index in [4.69, 9.17) is 9.72 Å². The number of aryl methyl sites for hydroxylation is 2. The molecule has 0 aliphatic carbocycles. The average Bonchev–Trinajstić information content (AvgIpc) is 2.82. The summed E-state index contributed by atoms with van der Waals surface area (Å²) in [6.07, 6.45) is 2.35. The van der Waals surface area contributed by atoms with Crippen molar-refractivity contribution in [3.05, 3.63) is 63.9 Å². The van der Waals surface area contributed by atoms with Gasteiger partial charge in [-0.1, -0.05) is 30.0 Å². The van der Waals surface area contributed by atoms with E-state index in [0.29, 0.717) is 29.0 Å². The number of aromatic nitrogens is 2. The van der Waals surface area contributed by atoms with Crippen LogP contribution in [0.3, 0.4) is 0 Å². The number of rotatable bonds is 6. The number of benzene rings is 2. The zero-order chi connectivity index (χ0) is 24.2. The number of thioether (sulfide) groups is 1. The van der Waals surface area contributed by atoms with E-state index in [-0.39, 0.29) is 29.8 Å². The lowest BCUT2D eigenvalue weighted by molar-refractivity contribution is -0.155. The topological polar surface area (TPSA) is 81.5 Å². The molecule has 2 aromatic carbocycles. The van der Waals surface area contributed by atoms with Crippen molar-refractivity contribution in [1.29, 1.82) is 0 Å². The molecule has 4 rings (SSSR count). The van der Waals surface area contributed by atoms with Crippen molar-refractivity contribution >= 4 is 34.5 Å². The lowest BCUT2D eigenvalue weighted by Crippen LogP contribution is -2.49. The number of nitrogens with zero attached hydrogens (tertiary/aromatic N) is 3. The van der Waals surface area contributed by atoms with Crippen LogP contribution in [0.4, 0.5) is 0 Å². The third-order valence-corrected chi connectivity index (χ3v) is 6.84. The first kappa shape index (κ1) is 24.0. The van der Waals surface area contributed by atoms with Crippen molar-refractivity contribution in [1.82, 2.24) is 14.5 Å². The first-order chi connectivity index (χ1) is 16.4. The summed E-state index contributed by atoms with van der Waals surface area (Å²) in [6, 6.07) is 12.6. The second kappa shape index (κ2) is 10.4. The fourth-order valence-corrected chi connectivity index (χ4v) is 5.34. The van der Waals surface area contributed by atoms with Crippen molar-refractivity contribution in [3.63, 3.8) is 0 Å². The van der Waals surface area contributed by atoms with Gasteiger partial charge in [-0.05, 0) is 75.4 Å². The summed E-state index contributed by atoms with van der Waals surface area (Å²) >= 11 is 1.22. The van der Waals surface area contributed by atoms with Gasteiger partial charge in [0.05, 0.1) is 29.0 Å². The Hall–Kier alpha value is -3.13. The van der Waals surface area contributed by atoms with Crippen LogP contribution >= 0.6 is 11.8 Å². The molecule has 1 aliphatic heterocycles. The number of carbonyl (C=O) groups is 2. The van der Waals surface area contributed by atoms with Gasteiger partial charge in [0.15, 0.2) is 5.16 Å². The molecule has 1 saturated heterocycles. The molecule has 1 aliphatic rings. The van der Waals surface area contributed by atoms with Crippen molar-refractivity contribution in [2.24, 2.45) is 0 Å². The minimum absolute atomic E-state index is 0.0749. The maximum absolute atomic E-state index is 13.5. The molecule has 1 fully saturated rings. The zero-order valence-electron chi connectivity index (χ0n) is 19.7. The molecule has 0 N–H and O–H groups in total. The molecule has 0 saturated carbocycles. The fourth-order valence-electron chi connectivity index (χ4n) is 4.44. The predicted octanol–water partition coefficient (Wildman–Crippen LogP) is 4.04. The predicted molar refractivity (Wildman–Crippen MR) is 134 cm³/mol. The molecule has 178 valence electrons. The largest absolute Gasteiger partial charge is 0.464 e. The molecule has 2 heterocycles. The SMILES string of the molecule is CCOC(=O)C1CCCCN1C(=O)CSc1nc2ccccc2c(=O)n1-c1cc(C)cc(C)c1. The van der Waals surface area contributed by atoms with E-state index in [1.165, 1.54) is 11.8 Å². The number of carbonyl (C=O) groups excluding carboxylic acids is 2. The summed E-state index contributed by atoms with van der Waals surface area (Å²) in [4.78, 5) is 45.4. The molecule has 34 heavy (non-hydrogen) atoms. The van der Waals surface area contributed by atoms with E-state index in [9.17, 15) is 14.4 Å². The third kappa shape index (κ3) is 5.01. The number of hydrogen-bond acceptors (Lipinski definition) is 6. The molecule has 8 heteroatoms. The summed E-state index contributed by atoms with van der Waals surface area (Å²) in [5.41, 5.74) is 3.21. The second-order valence-electron chi connectivity index (χ2n) is 8.54. The van der Waals surface area contributed by atoms with E-state index in [1.54, 1.807) is 28.5 Å². The molecule has 1 atom stereocenters. The Morgan fingerprint density at radius 1 is 1.12 bits per heavy atom. The van der Waals surface area contributed by atoms with Crippen LogP contribution in [0, 0.1) is 13.8 Å². The minimum atomic E-state index is -0.548. The lowest BCUT2D eigenvalue weighted by atomic mass is 10.0. The zero-order valence-corrected chi connectivity index (χ0v) is 20.6. The van der Waals surface area contributed by atoms with Crippen LogP contribution in [0.25, 0.3) is 16.6 Å². The molecule has 3 aromatic rings. The normalized spacial score (nSPS) is 16.0. The van der Waals surface area contributed by atoms with Crippen LogP contribution in [0.1, 0.15) is 37.3 Å². The summed E-state index contributed by atoms with van der Waals surface area (Å²) in [7, 11) is 0. The van der Waals surface area contributed by atoms with Crippen molar-refractivity contribution in [2.75, 3.05) is 18.9 Å². The Bertz CT molecular complexity index is 1270. The van der Waals surface area contributed by atoms with Crippen molar-refractivity contribution in [3.8, 4) is 5.69 Å². The van der Waals surface area contributed by atoms with E-state index < -0.39 is 6.04 Å². The number of para-hydroxylation sites is 1. The van der Waals surface area contributed by atoms with Crippen LogP contribution in [-0.2, 0) is 14.3 Å². The lowest BCUT2D eigenvalue weighted by Gasteiger charge is -2.34. The molecule has 7 nitrogen and oxygen atoms in total. The Kier molecular flexibility index (Phi) is 7.36. The Morgan fingerprint density at radius 3 is 2.59 bits per heavy atom. The molecule has 1 aromatic heterocycles. The number of amides is 1. The maximum atomic E-state index is 13.5. The Morgan fingerprint density at radius 2 is 1.85 bits per heavy atom. The van der Waals surface area contributed by atoms with Gasteiger partial charge in [-0.2, -0.15) is 0 Å². The van der Waals surface area contributed by atoms with E-state index in [1.807, 2.05) is 44.2 Å². The number of fused-ring (bicyclic) bond motifs is 1. The molecule has 0 spiro atoms. The third-order valence-electron chi connectivity index (χ3n) is 5.92. The molecule has 0 bridgehead atoms. The van der Waals surface area contributed by atoms with Crippen molar-refractivity contribution < 1.29 is 14.3 Å². The van der Waals surface area contributed by atoms with Crippen LogP contribution in [-0.4, -0.2) is 51.3 Å². The molecule has 1 amide bonds. The highest BCUT2D eigenvalue weighted by molar-refractivity contribution is 7.99.